The summed E-state index contributed by atoms with van der Waals surface area (Å²) in [5.74, 6) is 0.130. The van der Waals surface area contributed by atoms with Gasteiger partial charge in [-0.25, -0.2) is 9.37 Å². The van der Waals surface area contributed by atoms with Crippen molar-refractivity contribution in [3.8, 4) is 0 Å². The Hall–Kier alpha value is -1.47. The lowest BCUT2D eigenvalue weighted by Gasteiger charge is -2.30. The summed E-state index contributed by atoms with van der Waals surface area (Å²) in [4.78, 5) is 9.99. The van der Waals surface area contributed by atoms with Gasteiger partial charge in [0.2, 0.25) is 5.95 Å². The number of morpholine rings is 1. The molecule has 0 spiro atoms. The average Bonchev–Trinajstić information content (AvgIpc) is 2.38. The Morgan fingerprint density at radius 3 is 3.17 bits per heavy atom. The van der Waals surface area contributed by atoms with Crippen molar-refractivity contribution in [1.29, 1.82) is 0 Å². The molecule has 18 heavy (non-hydrogen) atoms. The van der Waals surface area contributed by atoms with E-state index in [0.717, 1.165) is 19.3 Å². The van der Waals surface area contributed by atoms with E-state index in [1.54, 1.807) is 7.05 Å². The third-order valence-electron chi connectivity index (χ3n) is 2.81. The van der Waals surface area contributed by atoms with Crippen LogP contribution in [-0.2, 0) is 4.74 Å². The Bertz CT molecular complexity index is 403. The Morgan fingerprint density at radius 2 is 2.44 bits per heavy atom. The van der Waals surface area contributed by atoms with Crippen LogP contribution in [0.5, 0.6) is 0 Å². The molecule has 0 amide bonds. The van der Waals surface area contributed by atoms with Gasteiger partial charge in [-0.3, -0.25) is 0 Å². The van der Waals surface area contributed by atoms with Crippen LogP contribution in [0.15, 0.2) is 6.20 Å². The number of aromatic nitrogens is 2. The van der Waals surface area contributed by atoms with Crippen molar-refractivity contribution < 1.29 is 9.13 Å². The second kappa shape index (κ2) is 5.92. The van der Waals surface area contributed by atoms with Crippen molar-refractivity contribution in [2.24, 2.45) is 0 Å². The highest BCUT2D eigenvalue weighted by Crippen LogP contribution is 2.12. The zero-order chi connectivity index (χ0) is 13.0. The van der Waals surface area contributed by atoms with Crippen molar-refractivity contribution >= 4 is 11.8 Å². The number of halogens is 1. The first-order valence-corrected chi connectivity index (χ1v) is 5.93. The molecule has 100 valence electrons. The number of likely N-dealkylation sites (N-methyl/N-ethyl adjacent to an activating group) is 1. The minimum atomic E-state index is -0.460. The molecular formula is C11H18FN5O. The molecule has 1 fully saturated rings. The van der Waals surface area contributed by atoms with Crippen molar-refractivity contribution in [3.63, 3.8) is 0 Å². The molecule has 2 heterocycles. The Morgan fingerprint density at radius 1 is 1.61 bits per heavy atom. The maximum absolute atomic E-state index is 13.5. The highest BCUT2D eigenvalue weighted by atomic mass is 19.1. The lowest BCUT2D eigenvalue weighted by atomic mass is 10.3. The lowest BCUT2D eigenvalue weighted by Crippen LogP contribution is -2.43. The van der Waals surface area contributed by atoms with Gasteiger partial charge in [0.1, 0.15) is 0 Å². The first-order valence-electron chi connectivity index (χ1n) is 5.93. The van der Waals surface area contributed by atoms with Crippen LogP contribution < -0.4 is 10.6 Å². The fraction of sp³-hybridized carbons (Fsp3) is 0.636. The molecule has 0 aromatic carbocycles. The quantitative estimate of drug-likeness (QED) is 0.812. The Labute approximate surface area is 106 Å². The molecule has 1 aliphatic heterocycles. The fourth-order valence-electron chi connectivity index (χ4n) is 1.81. The summed E-state index contributed by atoms with van der Waals surface area (Å²) in [6.45, 7) is 3.00. The van der Waals surface area contributed by atoms with E-state index in [1.807, 2.05) is 7.05 Å². The topological polar surface area (TPSA) is 62.3 Å². The van der Waals surface area contributed by atoms with E-state index in [-0.39, 0.29) is 11.9 Å². The monoisotopic (exact) mass is 255 g/mol. The Balaban J connectivity index is 1.92. The standard InChI is InChI=1S/C11H18FN5O/c1-13-11-15-6-9(12)10(16-11)14-5-8-7-17(2)3-4-18-8/h6,8H,3-5,7H2,1-2H3,(H2,13,14,15,16). The van der Waals surface area contributed by atoms with Crippen LogP contribution in [0.25, 0.3) is 0 Å². The summed E-state index contributed by atoms with van der Waals surface area (Å²) >= 11 is 0. The first-order chi connectivity index (χ1) is 8.69. The maximum Gasteiger partial charge on any atom is 0.224 e. The summed E-state index contributed by atoms with van der Waals surface area (Å²) < 4.78 is 19.1. The largest absolute Gasteiger partial charge is 0.374 e. The fourth-order valence-corrected chi connectivity index (χ4v) is 1.81. The van der Waals surface area contributed by atoms with E-state index in [2.05, 4.69) is 25.5 Å². The van der Waals surface area contributed by atoms with Crippen molar-refractivity contribution in [3.05, 3.63) is 12.0 Å². The minimum absolute atomic E-state index is 0.0520. The van der Waals surface area contributed by atoms with E-state index >= 15 is 0 Å². The van der Waals surface area contributed by atoms with Gasteiger partial charge in [-0.1, -0.05) is 0 Å². The number of ether oxygens (including phenoxy) is 1. The van der Waals surface area contributed by atoms with Gasteiger partial charge in [-0.2, -0.15) is 4.98 Å². The van der Waals surface area contributed by atoms with Crippen LogP contribution in [0, 0.1) is 5.82 Å². The molecule has 2 N–H and O–H groups in total. The molecule has 1 aromatic heterocycles. The van der Waals surface area contributed by atoms with Crippen LogP contribution in [0.1, 0.15) is 0 Å². The number of nitrogens with zero attached hydrogens (tertiary/aromatic N) is 3. The van der Waals surface area contributed by atoms with Gasteiger partial charge >= 0.3 is 0 Å². The van der Waals surface area contributed by atoms with Gasteiger partial charge < -0.3 is 20.3 Å². The zero-order valence-corrected chi connectivity index (χ0v) is 10.6. The van der Waals surface area contributed by atoms with Crippen LogP contribution >= 0.6 is 0 Å². The van der Waals surface area contributed by atoms with Crippen molar-refractivity contribution in [2.75, 3.05) is 51.0 Å². The summed E-state index contributed by atoms with van der Waals surface area (Å²) in [7, 11) is 3.73. The third-order valence-corrected chi connectivity index (χ3v) is 2.81. The van der Waals surface area contributed by atoms with E-state index in [9.17, 15) is 4.39 Å². The average molecular weight is 255 g/mol. The van der Waals surface area contributed by atoms with Gasteiger partial charge in [0, 0.05) is 26.7 Å². The molecule has 0 radical (unpaired) electrons. The number of hydrogen-bond acceptors (Lipinski definition) is 6. The zero-order valence-electron chi connectivity index (χ0n) is 10.6. The molecule has 1 aromatic rings. The molecule has 1 atom stereocenters. The van der Waals surface area contributed by atoms with E-state index in [4.69, 9.17) is 4.74 Å². The predicted molar refractivity (Wildman–Crippen MR) is 67.3 cm³/mol. The van der Waals surface area contributed by atoms with E-state index in [1.165, 1.54) is 0 Å². The summed E-state index contributed by atoms with van der Waals surface area (Å²) in [6, 6.07) is 0. The third kappa shape index (κ3) is 3.27. The van der Waals surface area contributed by atoms with E-state index < -0.39 is 5.82 Å². The van der Waals surface area contributed by atoms with Crippen LogP contribution in [0.3, 0.4) is 0 Å². The molecular weight excluding hydrogens is 237 g/mol. The van der Waals surface area contributed by atoms with Crippen LogP contribution in [-0.4, -0.2) is 61.3 Å². The van der Waals surface area contributed by atoms with Gasteiger partial charge in [0.05, 0.1) is 18.9 Å². The molecule has 1 saturated heterocycles. The first kappa shape index (κ1) is 13.0. The summed E-state index contributed by atoms with van der Waals surface area (Å²) in [5.41, 5.74) is 0. The SMILES string of the molecule is CNc1ncc(F)c(NCC2CN(C)CCO2)n1. The Kier molecular flexibility index (Phi) is 4.27. The number of nitrogens with one attached hydrogen (secondary N) is 2. The normalized spacial score (nSPS) is 20.7. The van der Waals surface area contributed by atoms with Crippen LogP contribution in [0.2, 0.25) is 0 Å². The van der Waals surface area contributed by atoms with Gasteiger partial charge in [-0.05, 0) is 7.05 Å². The van der Waals surface area contributed by atoms with Crippen molar-refractivity contribution in [1.82, 2.24) is 14.9 Å². The lowest BCUT2D eigenvalue weighted by molar-refractivity contribution is -0.0117. The minimum Gasteiger partial charge on any atom is -0.374 e. The second-order valence-electron chi connectivity index (χ2n) is 4.28. The van der Waals surface area contributed by atoms with Gasteiger partial charge in [0.25, 0.3) is 0 Å². The van der Waals surface area contributed by atoms with Crippen LogP contribution in [0.4, 0.5) is 16.2 Å². The molecule has 1 aliphatic rings. The number of rotatable bonds is 4. The second-order valence-corrected chi connectivity index (χ2v) is 4.28. The maximum atomic E-state index is 13.5. The molecule has 0 bridgehead atoms. The van der Waals surface area contributed by atoms with Crippen molar-refractivity contribution in [2.45, 2.75) is 6.10 Å². The van der Waals surface area contributed by atoms with Gasteiger partial charge in [-0.15, -0.1) is 0 Å². The molecule has 1 unspecified atom stereocenters. The molecule has 7 heteroatoms. The highest BCUT2D eigenvalue weighted by molar-refractivity contribution is 5.40. The number of hydrogen-bond donors (Lipinski definition) is 2. The summed E-state index contributed by atoms with van der Waals surface area (Å²) in [6.07, 6.45) is 1.20. The predicted octanol–water partition coefficient (Wildman–Crippen LogP) is 0.400. The van der Waals surface area contributed by atoms with Gasteiger partial charge in [0.15, 0.2) is 11.6 Å². The summed E-state index contributed by atoms with van der Waals surface area (Å²) in [5, 5.41) is 5.73. The molecule has 2 rings (SSSR count). The number of anilines is 2. The highest BCUT2D eigenvalue weighted by Gasteiger charge is 2.18. The molecule has 0 saturated carbocycles. The van der Waals surface area contributed by atoms with E-state index in [0.29, 0.717) is 19.1 Å². The molecule has 0 aliphatic carbocycles. The molecule has 6 nitrogen and oxygen atoms in total. The smallest absolute Gasteiger partial charge is 0.224 e.